The molecule has 1 N–H and O–H groups in total. The summed E-state index contributed by atoms with van der Waals surface area (Å²) in [7, 11) is 0. The first-order chi connectivity index (χ1) is 13.3. The smallest absolute Gasteiger partial charge is 0.412 e. The van der Waals surface area contributed by atoms with Gasteiger partial charge in [0.1, 0.15) is 5.60 Å². The molecule has 0 aliphatic carbocycles. The minimum Gasteiger partial charge on any atom is -0.444 e. The normalized spacial score (nSPS) is 16.7. The summed E-state index contributed by atoms with van der Waals surface area (Å²) in [6.07, 6.45) is 2.43. The van der Waals surface area contributed by atoms with Crippen molar-refractivity contribution in [1.29, 1.82) is 0 Å². The highest BCUT2D eigenvalue weighted by atomic mass is 16.6. The molecule has 28 heavy (non-hydrogen) atoms. The van der Waals surface area contributed by atoms with Crippen LogP contribution in [0.2, 0.25) is 0 Å². The van der Waals surface area contributed by atoms with Gasteiger partial charge >= 0.3 is 6.09 Å². The molecule has 1 aliphatic heterocycles. The average Bonchev–Trinajstić information content (AvgIpc) is 3.09. The van der Waals surface area contributed by atoms with E-state index >= 15 is 0 Å². The van der Waals surface area contributed by atoms with Gasteiger partial charge < -0.3 is 9.64 Å². The van der Waals surface area contributed by atoms with Gasteiger partial charge in [-0.2, -0.15) is 0 Å². The van der Waals surface area contributed by atoms with Crippen molar-refractivity contribution >= 4 is 17.7 Å². The van der Waals surface area contributed by atoms with Crippen LogP contribution in [0.3, 0.4) is 0 Å². The third-order valence-corrected chi connectivity index (χ3v) is 4.73. The summed E-state index contributed by atoms with van der Waals surface area (Å²) in [5.74, 6) is 0.0437. The van der Waals surface area contributed by atoms with Crippen molar-refractivity contribution in [1.82, 2.24) is 4.90 Å². The van der Waals surface area contributed by atoms with Crippen molar-refractivity contribution in [3.05, 3.63) is 65.7 Å². The number of hydrogen-bond acceptors (Lipinski definition) is 3. The number of rotatable bonds is 4. The van der Waals surface area contributed by atoms with Gasteiger partial charge in [0.15, 0.2) is 0 Å². The summed E-state index contributed by atoms with van der Waals surface area (Å²) in [6.45, 7) is 6.23. The molecule has 1 atom stereocenters. The Morgan fingerprint density at radius 3 is 2.39 bits per heavy atom. The number of carbonyl (C=O) groups is 2. The molecule has 1 saturated heterocycles. The summed E-state index contributed by atoms with van der Waals surface area (Å²) >= 11 is 0. The summed E-state index contributed by atoms with van der Waals surface area (Å²) < 4.78 is 5.25. The van der Waals surface area contributed by atoms with Crippen LogP contribution in [0.4, 0.5) is 10.5 Å². The van der Waals surface area contributed by atoms with E-state index in [0.717, 1.165) is 25.8 Å². The van der Waals surface area contributed by atoms with E-state index in [4.69, 9.17) is 4.74 Å². The SMILES string of the molecule is CC(C)(C)OC(=O)Nc1ccc(C(=O)N2CCCC2Cc2ccccc2)cc1. The van der Waals surface area contributed by atoms with E-state index in [1.165, 1.54) is 5.56 Å². The van der Waals surface area contributed by atoms with Gasteiger partial charge in [0.25, 0.3) is 5.91 Å². The molecule has 1 unspecified atom stereocenters. The van der Waals surface area contributed by atoms with Crippen LogP contribution in [0.25, 0.3) is 0 Å². The van der Waals surface area contributed by atoms with Crippen molar-refractivity contribution in [2.45, 2.75) is 51.7 Å². The van der Waals surface area contributed by atoms with Gasteiger partial charge in [-0.05, 0) is 69.9 Å². The van der Waals surface area contributed by atoms with Crippen LogP contribution in [0, 0.1) is 0 Å². The molecule has 148 valence electrons. The lowest BCUT2D eigenvalue weighted by Gasteiger charge is -2.25. The van der Waals surface area contributed by atoms with E-state index in [1.807, 2.05) is 43.9 Å². The van der Waals surface area contributed by atoms with Crippen LogP contribution in [-0.4, -0.2) is 35.1 Å². The monoisotopic (exact) mass is 380 g/mol. The van der Waals surface area contributed by atoms with Crippen molar-refractivity contribution in [2.75, 3.05) is 11.9 Å². The van der Waals surface area contributed by atoms with E-state index < -0.39 is 11.7 Å². The maximum Gasteiger partial charge on any atom is 0.412 e. The number of carbonyl (C=O) groups excluding carboxylic acids is 2. The van der Waals surface area contributed by atoms with Crippen molar-refractivity contribution in [2.24, 2.45) is 0 Å². The fraction of sp³-hybridized carbons (Fsp3) is 0.391. The molecule has 0 spiro atoms. The van der Waals surface area contributed by atoms with Gasteiger partial charge in [-0.3, -0.25) is 10.1 Å². The molecule has 1 aliphatic rings. The molecule has 2 amide bonds. The average molecular weight is 380 g/mol. The maximum atomic E-state index is 13.0. The Morgan fingerprint density at radius 1 is 1.07 bits per heavy atom. The van der Waals surface area contributed by atoms with Gasteiger partial charge in [0.05, 0.1) is 0 Å². The summed E-state index contributed by atoms with van der Waals surface area (Å²) in [5.41, 5.74) is 1.94. The number of benzene rings is 2. The van der Waals surface area contributed by atoms with Crippen LogP contribution in [0.5, 0.6) is 0 Å². The number of nitrogens with zero attached hydrogens (tertiary/aromatic N) is 1. The summed E-state index contributed by atoms with van der Waals surface area (Å²) in [6, 6.07) is 17.5. The number of ether oxygens (including phenoxy) is 1. The van der Waals surface area contributed by atoms with E-state index in [1.54, 1.807) is 24.3 Å². The third kappa shape index (κ3) is 5.35. The number of hydrogen-bond donors (Lipinski definition) is 1. The topological polar surface area (TPSA) is 58.6 Å². The highest BCUT2D eigenvalue weighted by Gasteiger charge is 2.29. The van der Waals surface area contributed by atoms with Crippen LogP contribution >= 0.6 is 0 Å². The van der Waals surface area contributed by atoms with E-state index in [-0.39, 0.29) is 11.9 Å². The quantitative estimate of drug-likeness (QED) is 0.822. The summed E-state index contributed by atoms with van der Waals surface area (Å²) in [4.78, 5) is 26.8. The summed E-state index contributed by atoms with van der Waals surface area (Å²) in [5, 5.41) is 2.69. The van der Waals surface area contributed by atoms with Crippen LogP contribution in [-0.2, 0) is 11.2 Å². The Labute approximate surface area is 166 Å². The van der Waals surface area contributed by atoms with Crippen LogP contribution in [0.15, 0.2) is 54.6 Å². The first kappa shape index (κ1) is 19.9. The largest absolute Gasteiger partial charge is 0.444 e. The molecule has 1 fully saturated rings. The molecule has 2 aromatic rings. The van der Waals surface area contributed by atoms with Crippen molar-refractivity contribution in [3.8, 4) is 0 Å². The lowest BCUT2D eigenvalue weighted by atomic mass is 10.0. The number of nitrogens with one attached hydrogen (secondary N) is 1. The standard InChI is InChI=1S/C23H28N2O3/c1-23(2,3)28-22(27)24-19-13-11-18(12-14-19)21(26)25-15-7-10-20(25)16-17-8-5-4-6-9-17/h4-6,8-9,11-14,20H,7,10,15-16H2,1-3H3,(H,24,27). The molecule has 0 radical (unpaired) electrons. The van der Waals surface area contributed by atoms with E-state index in [2.05, 4.69) is 17.4 Å². The Bertz CT molecular complexity index is 810. The predicted molar refractivity (Wildman–Crippen MR) is 111 cm³/mol. The molecule has 3 rings (SSSR count). The van der Waals surface area contributed by atoms with E-state index in [0.29, 0.717) is 11.3 Å². The minimum atomic E-state index is -0.552. The lowest BCUT2D eigenvalue weighted by molar-refractivity contribution is 0.0635. The van der Waals surface area contributed by atoms with Gasteiger partial charge in [0.2, 0.25) is 0 Å². The molecule has 5 nitrogen and oxygen atoms in total. The highest BCUT2D eigenvalue weighted by molar-refractivity contribution is 5.95. The second kappa shape index (κ2) is 8.46. The zero-order valence-corrected chi connectivity index (χ0v) is 16.8. The maximum absolute atomic E-state index is 13.0. The number of likely N-dealkylation sites (tertiary alicyclic amines) is 1. The van der Waals surface area contributed by atoms with Gasteiger partial charge in [-0.25, -0.2) is 4.79 Å². The van der Waals surface area contributed by atoms with Crippen LogP contribution in [0.1, 0.15) is 49.5 Å². The van der Waals surface area contributed by atoms with Gasteiger partial charge in [-0.15, -0.1) is 0 Å². The first-order valence-electron chi connectivity index (χ1n) is 9.77. The molecule has 0 saturated carbocycles. The molecular weight excluding hydrogens is 352 g/mol. The van der Waals surface area contributed by atoms with Crippen molar-refractivity contribution in [3.63, 3.8) is 0 Å². The second-order valence-electron chi connectivity index (χ2n) is 8.19. The van der Waals surface area contributed by atoms with Crippen LogP contribution < -0.4 is 5.32 Å². The Hall–Kier alpha value is -2.82. The first-order valence-corrected chi connectivity index (χ1v) is 9.77. The zero-order chi connectivity index (χ0) is 20.1. The molecule has 0 bridgehead atoms. The number of amides is 2. The third-order valence-electron chi connectivity index (χ3n) is 4.73. The molecular formula is C23H28N2O3. The minimum absolute atomic E-state index is 0.0437. The Kier molecular flexibility index (Phi) is 6.02. The van der Waals surface area contributed by atoms with E-state index in [9.17, 15) is 9.59 Å². The highest BCUT2D eigenvalue weighted by Crippen LogP contribution is 2.24. The molecule has 1 heterocycles. The second-order valence-corrected chi connectivity index (χ2v) is 8.19. The fourth-order valence-corrected chi connectivity index (χ4v) is 3.48. The molecule has 0 aromatic heterocycles. The number of anilines is 1. The Balaban J connectivity index is 1.63. The van der Waals surface area contributed by atoms with Gasteiger partial charge in [0, 0.05) is 23.8 Å². The molecule has 5 heteroatoms. The Morgan fingerprint density at radius 2 is 1.75 bits per heavy atom. The fourth-order valence-electron chi connectivity index (χ4n) is 3.48. The molecule has 2 aromatic carbocycles. The van der Waals surface area contributed by atoms with Gasteiger partial charge in [-0.1, -0.05) is 30.3 Å². The van der Waals surface area contributed by atoms with Crippen molar-refractivity contribution < 1.29 is 14.3 Å². The lowest BCUT2D eigenvalue weighted by Crippen LogP contribution is -2.36. The zero-order valence-electron chi connectivity index (χ0n) is 16.8. The predicted octanol–water partition coefficient (Wildman–Crippen LogP) is 4.88.